The van der Waals surface area contributed by atoms with Crippen molar-refractivity contribution in [3.05, 3.63) is 11.9 Å². The Morgan fingerprint density at radius 1 is 1.12 bits per heavy atom. The molecule has 6 nitrogen and oxygen atoms in total. The molecule has 0 atom stereocenters. The van der Waals surface area contributed by atoms with E-state index >= 15 is 0 Å². The van der Waals surface area contributed by atoms with Gasteiger partial charge in [0.05, 0.1) is 18.8 Å². The SMILES string of the molecule is O=C(CC1CCCCC1)N1CC(n2cc(COCC3CC3)nn2)C1. The Morgan fingerprint density at radius 2 is 1.92 bits per heavy atom. The van der Waals surface area contributed by atoms with Crippen molar-refractivity contribution in [2.75, 3.05) is 19.7 Å². The molecule has 0 N–H and O–H groups in total. The lowest BCUT2D eigenvalue weighted by molar-refractivity contribution is -0.138. The van der Waals surface area contributed by atoms with Gasteiger partial charge in [0.15, 0.2) is 0 Å². The maximum atomic E-state index is 12.3. The number of likely N-dealkylation sites (tertiary alicyclic amines) is 1. The molecule has 0 unspecified atom stereocenters. The Hall–Kier alpha value is -1.43. The van der Waals surface area contributed by atoms with Crippen LogP contribution in [0.2, 0.25) is 0 Å². The first-order valence-corrected chi connectivity index (χ1v) is 9.54. The van der Waals surface area contributed by atoms with Gasteiger partial charge in [-0.1, -0.05) is 24.5 Å². The van der Waals surface area contributed by atoms with E-state index in [2.05, 4.69) is 10.3 Å². The second-order valence-corrected chi connectivity index (χ2v) is 7.81. The van der Waals surface area contributed by atoms with Gasteiger partial charge in [-0.2, -0.15) is 0 Å². The average molecular weight is 332 g/mol. The first kappa shape index (κ1) is 16.1. The molecule has 2 saturated carbocycles. The van der Waals surface area contributed by atoms with E-state index in [0.29, 0.717) is 18.4 Å². The van der Waals surface area contributed by atoms with Crippen molar-refractivity contribution in [1.29, 1.82) is 0 Å². The number of carbonyl (C=O) groups excluding carboxylic acids is 1. The van der Waals surface area contributed by atoms with Gasteiger partial charge < -0.3 is 9.64 Å². The molecule has 0 bridgehead atoms. The summed E-state index contributed by atoms with van der Waals surface area (Å²) in [7, 11) is 0. The summed E-state index contributed by atoms with van der Waals surface area (Å²) in [4.78, 5) is 14.3. The van der Waals surface area contributed by atoms with Gasteiger partial charge in [-0.15, -0.1) is 5.10 Å². The van der Waals surface area contributed by atoms with E-state index in [-0.39, 0.29) is 6.04 Å². The van der Waals surface area contributed by atoms with Crippen molar-refractivity contribution >= 4 is 5.91 Å². The third kappa shape index (κ3) is 3.97. The highest BCUT2D eigenvalue weighted by Crippen LogP contribution is 2.30. The van der Waals surface area contributed by atoms with Crippen LogP contribution in [0.3, 0.4) is 0 Å². The van der Waals surface area contributed by atoms with Crippen molar-refractivity contribution < 1.29 is 9.53 Å². The van der Waals surface area contributed by atoms with Gasteiger partial charge in [0.25, 0.3) is 0 Å². The highest BCUT2D eigenvalue weighted by molar-refractivity contribution is 5.77. The zero-order valence-corrected chi connectivity index (χ0v) is 14.4. The van der Waals surface area contributed by atoms with Crippen LogP contribution in [0.5, 0.6) is 0 Å². The van der Waals surface area contributed by atoms with Gasteiger partial charge in [0.1, 0.15) is 5.69 Å². The fourth-order valence-corrected chi connectivity index (χ4v) is 3.77. The summed E-state index contributed by atoms with van der Waals surface area (Å²) in [5.74, 6) is 1.72. The molecule has 1 saturated heterocycles. The standard InChI is InChI=1S/C18H28N4O2/c23-18(8-14-4-2-1-3-5-14)21-10-17(11-21)22-9-16(19-20-22)13-24-12-15-6-7-15/h9,14-15,17H,1-8,10-13H2. The molecule has 132 valence electrons. The van der Waals surface area contributed by atoms with Crippen LogP contribution in [-0.4, -0.2) is 45.5 Å². The van der Waals surface area contributed by atoms with Gasteiger partial charge >= 0.3 is 0 Å². The van der Waals surface area contributed by atoms with Crippen molar-refractivity contribution in [3.8, 4) is 0 Å². The Bertz CT molecular complexity index is 557. The lowest BCUT2D eigenvalue weighted by atomic mass is 9.86. The Morgan fingerprint density at radius 3 is 2.67 bits per heavy atom. The molecule has 0 radical (unpaired) electrons. The van der Waals surface area contributed by atoms with Crippen LogP contribution >= 0.6 is 0 Å². The number of hydrogen-bond donors (Lipinski definition) is 0. The van der Waals surface area contributed by atoms with Crippen LogP contribution in [0.25, 0.3) is 0 Å². The van der Waals surface area contributed by atoms with Gasteiger partial charge in [-0.3, -0.25) is 4.79 Å². The average Bonchev–Trinajstić information content (AvgIpc) is 3.25. The smallest absolute Gasteiger partial charge is 0.222 e. The summed E-state index contributed by atoms with van der Waals surface area (Å²) in [6, 6.07) is 0.282. The van der Waals surface area contributed by atoms with Crippen LogP contribution in [-0.2, 0) is 16.1 Å². The number of hydrogen-bond acceptors (Lipinski definition) is 4. The fourth-order valence-electron chi connectivity index (χ4n) is 3.77. The van der Waals surface area contributed by atoms with Crippen molar-refractivity contribution in [2.45, 2.75) is 64.0 Å². The molecule has 1 aliphatic heterocycles. The molecule has 0 spiro atoms. The lowest BCUT2D eigenvalue weighted by Gasteiger charge is -2.39. The molecule has 0 aromatic carbocycles. The molecular weight excluding hydrogens is 304 g/mol. The second-order valence-electron chi connectivity index (χ2n) is 7.81. The summed E-state index contributed by atoms with van der Waals surface area (Å²) in [5.41, 5.74) is 0.891. The van der Waals surface area contributed by atoms with E-state index in [4.69, 9.17) is 4.74 Å². The number of nitrogens with zero attached hydrogens (tertiary/aromatic N) is 4. The highest BCUT2D eigenvalue weighted by atomic mass is 16.5. The van der Waals surface area contributed by atoms with Gasteiger partial charge in [-0.05, 0) is 37.5 Å². The van der Waals surface area contributed by atoms with Crippen LogP contribution in [0.4, 0.5) is 0 Å². The number of amides is 1. The topological polar surface area (TPSA) is 60.2 Å². The molecule has 6 heteroatoms. The summed E-state index contributed by atoms with van der Waals surface area (Å²) in [6.07, 6.45) is 11.7. The third-order valence-electron chi connectivity index (χ3n) is 5.64. The number of ether oxygens (including phenoxy) is 1. The lowest BCUT2D eigenvalue weighted by Crippen LogP contribution is -2.51. The molecular formula is C18H28N4O2. The zero-order chi connectivity index (χ0) is 16.4. The first-order valence-electron chi connectivity index (χ1n) is 9.54. The minimum absolute atomic E-state index is 0.282. The van der Waals surface area contributed by atoms with Crippen LogP contribution < -0.4 is 0 Å². The Labute approximate surface area is 143 Å². The minimum atomic E-state index is 0.282. The number of carbonyl (C=O) groups is 1. The van der Waals surface area contributed by atoms with E-state index in [0.717, 1.165) is 37.7 Å². The fraction of sp³-hybridized carbons (Fsp3) is 0.833. The maximum absolute atomic E-state index is 12.3. The molecule has 1 aromatic rings. The Balaban J connectivity index is 1.19. The van der Waals surface area contributed by atoms with E-state index < -0.39 is 0 Å². The van der Waals surface area contributed by atoms with E-state index in [1.54, 1.807) is 0 Å². The number of rotatable bonds is 7. The summed E-state index contributed by atoms with van der Waals surface area (Å²) >= 11 is 0. The van der Waals surface area contributed by atoms with Crippen molar-refractivity contribution in [2.24, 2.45) is 11.8 Å². The molecule has 24 heavy (non-hydrogen) atoms. The third-order valence-corrected chi connectivity index (χ3v) is 5.64. The van der Waals surface area contributed by atoms with Gasteiger partial charge in [0, 0.05) is 26.1 Å². The number of aromatic nitrogens is 3. The summed E-state index contributed by atoms with van der Waals surface area (Å²) in [6.45, 7) is 2.95. The largest absolute Gasteiger partial charge is 0.375 e. The molecule has 1 amide bonds. The molecule has 4 rings (SSSR count). The minimum Gasteiger partial charge on any atom is -0.375 e. The first-order chi connectivity index (χ1) is 11.8. The monoisotopic (exact) mass is 332 g/mol. The van der Waals surface area contributed by atoms with E-state index in [9.17, 15) is 4.79 Å². The quantitative estimate of drug-likeness (QED) is 0.770. The Kier molecular flexibility index (Phi) is 4.83. The van der Waals surface area contributed by atoms with Crippen LogP contribution in [0, 0.1) is 11.8 Å². The highest BCUT2D eigenvalue weighted by Gasteiger charge is 2.33. The molecule has 1 aromatic heterocycles. The van der Waals surface area contributed by atoms with Crippen LogP contribution in [0.15, 0.2) is 6.20 Å². The molecule has 3 fully saturated rings. The summed E-state index contributed by atoms with van der Waals surface area (Å²) < 4.78 is 7.55. The second kappa shape index (κ2) is 7.21. The van der Waals surface area contributed by atoms with E-state index in [1.165, 1.54) is 44.9 Å². The predicted octanol–water partition coefficient (Wildman–Crippen LogP) is 2.56. The van der Waals surface area contributed by atoms with Crippen molar-refractivity contribution in [3.63, 3.8) is 0 Å². The predicted molar refractivity (Wildman–Crippen MR) is 89.2 cm³/mol. The van der Waals surface area contributed by atoms with Gasteiger partial charge in [-0.25, -0.2) is 4.68 Å². The molecule has 2 heterocycles. The molecule has 3 aliphatic rings. The summed E-state index contributed by atoms with van der Waals surface area (Å²) in [5, 5.41) is 8.39. The van der Waals surface area contributed by atoms with E-state index in [1.807, 2.05) is 15.8 Å². The normalized spacial score (nSPS) is 22.6. The maximum Gasteiger partial charge on any atom is 0.222 e. The van der Waals surface area contributed by atoms with Crippen LogP contribution in [0.1, 0.15) is 63.1 Å². The van der Waals surface area contributed by atoms with Gasteiger partial charge in [0.2, 0.25) is 5.91 Å². The molecule has 2 aliphatic carbocycles. The zero-order valence-electron chi connectivity index (χ0n) is 14.4. The van der Waals surface area contributed by atoms with Crippen molar-refractivity contribution in [1.82, 2.24) is 19.9 Å².